The van der Waals surface area contributed by atoms with Crippen molar-refractivity contribution in [1.29, 1.82) is 0 Å². The van der Waals surface area contributed by atoms with Crippen molar-refractivity contribution >= 4 is 17.2 Å². The van der Waals surface area contributed by atoms with Crippen molar-refractivity contribution < 1.29 is 4.79 Å². The first-order chi connectivity index (χ1) is 7.83. The summed E-state index contributed by atoms with van der Waals surface area (Å²) < 4.78 is 0. The van der Waals surface area contributed by atoms with Gasteiger partial charge in [0.25, 0.3) is 0 Å². The van der Waals surface area contributed by atoms with Crippen LogP contribution in [0.25, 0.3) is 0 Å². The van der Waals surface area contributed by atoms with Crippen molar-refractivity contribution in [1.82, 2.24) is 10.2 Å². The molecule has 0 radical (unpaired) electrons. The van der Waals surface area contributed by atoms with Crippen molar-refractivity contribution in [3.05, 3.63) is 22.4 Å². The zero-order valence-electron chi connectivity index (χ0n) is 9.19. The van der Waals surface area contributed by atoms with Crippen LogP contribution in [0.3, 0.4) is 0 Å². The number of amides is 1. The summed E-state index contributed by atoms with van der Waals surface area (Å²) in [6, 6.07) is 3.06. The molecule has 0 bridgehead atoms. The largest absolute Gasteiger partial charge is 0.338 e. The Bertz CT molecular complexity index is 372. The zero-order chi connectivity index (χ0) is 11.0. The summed E-state index contributed by atoms with van der Waals surface area (Å²) in [7, 11) is 0. The summed E-state index contributed by atoms with van der Waals surface area (Å²) in [5.41, 5.74) is 1.32. The number of thiophene rings is 1. The Kier molecular flexibility index (Phi) is 2.69. The van der Waals surface area contributed by atoms with E-state index in [0.717, 1.165) is 13.1 Å². The molecule has 16 heavy (non-hydrogen) atoms. The first-order valence-electron chi connectivity index (χ1n) is 5.87. The number of carbonyl (C=O) groups is 1. The minimum absolute atomic E-state index is 0.338. The quantitative estimate of drug-likeness (QED) is 0.861. The van der Waals surface area contributed by atoms with Crippen LogP contribution in [0.15, 0.2) is 16.8 Å². The van der Waals surface area contributed by atoms with E-state index < -0.39 is 0 Å². The van der Waals surface area contributed by atoms with Gasteiger partial charge in [0, 0.05) is 31.6 Å². The maximum Gasteiger partial charge on any atom is 0.224 e. The van der Waals surface area contributed by atoms with E-state index in [1.54, 1.807) is 11.3 Å². The lowest BCUT2D eigenvalue weighted by Gasteiger charge is -2.15. The molecule has 4 heteroatoms. The smallest absolute Gasteiger partial charge is 0.224 e. The molecule has 1 saturated heterocycles. The van der Waals surface area contributed by atoms with Gasteiger partial charge < -0.3 is 10.2 Å². The van der Waals surface area contributed by atoms with Gasteiger partial charge in [0.1, 0.15) is 0 Å². The van der Waals surface area contributed by atoms with Crippen molar-refractivity contribution in [3.8, 4) is 0 Å². The second-order valence-corrected chi connectivity index (χ2v) is 5.47. The SMILES string of the molecule is O=C1CC(NCc2ccsc2)CN1C1CC1. The second kappa shape index (κ2) is 4.18. The number of hydrogen-bond acceptors (Lipinski definition) is 3. The van der Waals surface area contributed by atoms with Crippen LogP contribution in [0.5, 0.6) is 0 Å². The van der Waals surface area contributed by atoms with Crippen LogP contribution >= 0.6 is 11.3 Å². The Hall–Kier alpha value is -0.870. The molecular formula is C12H16N2OS. The van der Waals surface area contributed by atoms with Crippen LogP contribution in [-0.4, -0.2) is 29.4 Å². The molecule has 86 valence electrons. The fraction of sp³-hybridized carbons (Fsp3) is 0.583. The Morgan fingerprint density at radius 1 is 1.50 bits per heavy atom. The van der Waals surface area contributed by atoms with E-state index in [9.17, 15) is 4.79 Å². The Morgan fingerprint density at radius 2 is 2.38 bits per heavy atom. The van der Waals surface area contributed by atoms with Gasteiger partial charge in [-0.3, -0.25) is 4.79 Å². The number of carbonyl (C=O) groups excluding carboxylic acids is 1. The summed E-state index contributed by atoms with van der Waals surface area (Å²) >= 11 is 1.72. The zero-order valence-corrected chi connectivity index (χ0v) is 10.0. The molecule has 0 aromatic carbocycles. The van der Waals surface area contributed by atoms with Crippen LogP contribution < -0.4 is 5.32 Å². The number of likely N-dealkylation sites (tertiary alicyclic amines) is 1. The third-order valence-corrected chi connectivity index (χ3v) is 4.05. The molecule has 1 N–H and O–H groups in total. The second-order valence-electron chi connectivity index (χ2n) is 4.69. The number of nitrogens with zero attached hydrogens (tertiary/aromatic N) is 1. The molecule has 1 aliphatic heterocycles. The molecular weight excluding hydrogens is 220 g/mol. The summed E-state index contributed by atoms with van der Waals surface area (Å²) in [6.07, 6.45) is 3.10. The van der Waals surface area contributed by atoms with E-state index in [0.29, 0.717) is 24.4 Å². The molecule has 2 fully saturated rings. The fourth-order valence-electron chi connectivity index (χ4n) is 2.26. The highest BCUT2D eigenvalue weighted by Gasteiger charge is 2.38. The molecule has 1 aromatic heterocycles. The molecule has 2 heterocycles. The lowest BCUT2D eigenvalue weighted by Crippen LogP contribution is -2.33. The lowest BCUT2D eigenvalue weighted by atomic mass is 10.2. The van der Waals surface area contributed by atoms with E-state index in [1.165, 1.54) is 18.4 Å². The summed E-state index contributed by atoms with van der Waals surface area (Å²) in [6.45, 7) is 1.80. The van der Waals surface area contributed by atoms with E-state index in [-0.39, 0.29) is 0 Å². The fourth-order valence-corrected chi connectivity index (χ4v) is 2.93. The van der Waals surface area contributed by atoms with E-state index in [1.807, 2.05) is 0 Å². The molecule has 3 nitrogen and oxygen atoms in total. The van der Waals surface area contributed by atoms with Gasteiger partial charge in [0.2, 0.25) is 5.91 Å². The molecule has 1 aromatic rings. The average Bonchev–Trinajstić information content (AvgIpc) is 2.85. The van der Waals surface area contributed by atoms with Crippen LogP contribution in [0.2, 0.25) is 0 Å². The van der Waals surface area contributed by atoms with Crippen LogP contribution in [0.4, 0.5) is 0 Å². The monoisotopic (exact) mass is 236 g/mol. The maximum atomic E-state index is 11.7. The molecule has 1 unspecified atom stereocenters. The van der Waals surface area contributed by atoms with Gasteiger partial charge in [-0.1, -0.05) is 0 Å². The van der Waals surface area contributed by atoms with Crippen molar-refractivity contribution in [2.24, 2.45) is 0 Å². The summed E-state index contributed by atoms with van der Waals surface area (Å²) in [5.74, 6) is 0.338. The van der Waals surface area contributed by atoms with E-state index in [4.69, 9.17) is 0 Å². The van der Waals surface area contributed by atoms with Crippen LogP contribution in [0.1, 0.15) is 24.8 Å². The third kappa shape index (κ3) is 2.13. The van der Waals surface area contributed by atoms with Gasteiger partial charge in [0.05, 0.1) is 0 Å². The predicted molar refractivity (Wildman–Crippen MR) is 64.3 cm³/mol. The maximum absolute atomic E-state index is 11.7. The van der Waals surface area contributed by atoms with Gasteiger partial charge in [-0.15, -0.1) is 0 Å². The third-order valence-electron chi connectivity index (χ3n) is 3.32. The Balaban J connectivity index is 1.51. The van der Waals surface area contributed by atoms with Crippen molar-refractivity contribution in [3.63, 3.8) is 0 Å². The molecule has 1 saturated carbocycles. The first-order valence-corrected chi connectivity index (χ1v) is 6.81. The van der Waals surface area contributed by atoms with Crippen molar-refractivity contribution in [2.45, 2.75) is 37.9 Å². The predicted octanol–water partition coefficient (Wildman–Crippen LogP) is 1.60. The highest BCUT2D eigenvalue weighted by atomic mass is 32.1. The minimum Gasteiger partial charge on any atom is -0.338 e. The number of hydrogen-bond donors (Lipinski definition) is 1. The molecule has 1 atom stereocenters. The highest BCUT2D eigenvalue weighted by molar-refractivity contribution is 7.07. The van der Waals surface area contributed by atoms with Gasteiger partial charge in [0.15, 0.2) is 0 Å². The normalized spacial score (nSPS) is 25.4. The van der Waals surface area contributed by atoms with E-state index in [2.05, 4.69) is 27.0 Å². The topological polar surface area (TPSA) is 32.3 Å². The standard InChI is InChI=1S/C12H16N2OS/c15-12-5-10(7-14(12)11-1-2-11)13-6-9-3-4-16-8-9/h3-4,8,10-11,13H,1-2,5-7H2. The molecule has 3 rings (SSSR count). The summed E-state index contributed by atoms with van der Waals surface area (Å²) in [5, 5.41) is 7.72. The Labute approximate surface area is 99.5 Å². The van der Waals surface area contributed by atoms with Gasteiger partial charge in [-0.2, -0.15) is 11.3 Å². The van der Waals surface area contributed by atoms with E-state index >= 15 is 0 Å². The summed E-state index contributed by atoms with van der Waals surface area (Å²) in [4.78, 5) is 13.8. The Morgan fingerprint density at radius 3 is 3.06 bits per heavy atom. The van der Waals surface area contributed by atoms with Gasteiger partial charge in [-0.25, -0.2) is 0 Å². The minimum atomic E-state index is 0.338. The highest BCUT2D eigenvalue weighted by Crippen LogP contribution is 2.30. The molecule has 1 amide bonds. The number of rotatable bonds is 4. The van der Waals surface area contributed by atoms with Crippen molar-refractivity contribution in [2.75, 3.05) is 6.54 Å². The average molecular weight is 236 g/mol. The van der Waals surface area contributed by atoms with Gasteiger partial charge in [-0.05, 0) is 35.2 Å². The first kappa shape index (κ1) is 10.3. The van der Waals surface area contributed by atoms with Gasteiger partial charge >= 0.3 is 0 Å². The number of nitrogens with one attached hydrogen (secondary N) is 1. The molecule has 0 spiro atoms. The van der Waals surface area contributed by atoms with Crippen LogP contribution in [0, 0.1) is 0 Å². The molecule has 1 aliphatic carbocycles. The lowest BCUT2D eigenvalue weighted by molar-refractivity contribution is -0.128. The van der Waals surface area contributed by atoms with Crippen LogP contribution in [-0.2, 0) is 11.3 Å². The molecule has 2 aliphatic rings.